The number of nitrogens with zero attached hydrogens (tertiary/aromatic N) is 4. The van der Waals surface area contributed by atoms with Crippen molar-refractivity contribution in [3.05, 3.63) is 60.0 Å². The predicted molar refractivity (Wildman–Crippen MR) is 103 cm³/mol. The van der Waals surface area contributed by atoms with E-state index in [1.54, 1.807) is 11.1 Å². The van der Waals surface area contributed by atoms with Crippen LogP contribution < -0.4 is 0 Å². The molecule has 5 heterocycles. The first-order valence-electron chi connectivity index (χ1n) is 9.63. The first-order valence-corrected chi connectivity index (χ1v) is 9.63. The number of piperidine rings is 1. The number of fused-ring (bicyclic) bond motifs is 5. The van der Waals surface area contributed by atoms with Gasteiger partial charge >= 0.3 is 0 Å². The van der Waals surface area contributed by atoms with Crippen molar-refractivity contribution in [3.63, 3.8) is 0 Å². The summed E-state index contributed by atoms with van der Waals surface area (Å²) in [7, 11) is 0. The Morgan fingerprint density at radius 1 is 1.11 bits per heavy atom. The Kier molecular flexibility index (Phi) is 4.07. The third-order valence-corrected chi connectivity index (χ3v) is 5.81. The van der Waals surface area contributed by atoms with Crippen molar-refractivity contribution in [2.45, 2.75) is 25.4 Å². The second-order valence-electron chi connectivity index (χ2n) is 7.54. The van der Waals surface area contributed by atoms with Gasteiger partial charge in [0.25, 0.3) is 5.91 Å². The molecule has 142 valence electrons. The van der Waals surface area contributed by atoms with Gasteiger partial charge in [-0.2, -0.15) is 5.10 Å². The lowest BCUT2D eigenvalue weighted by atomic mass is 9.94. The fraction of sp³-hybridized carbons (Fsp3) is 0.333. The van der Waals surface area contributed by atoms with E-state index < -0.39 is 0 Å². The number of hydrogen-bond donors (Lipinski definition) is 1. The molecule has 2 atom stereocenters. The Morgan fingerprint density at radius 2 is 1.96 bits per heavy atom. The first kappa shape index (κ1) is 16.9. The monoisotopic (exact) mass is 375 g/mol. The van der Waals surface area contributed by atoms with Crippen LogP contribution in [0.25, 0.3) is 10.9 Å². The third-order valence-electron chi connectivity index (χ3n) is 5.81. The van der Waals surface area contributed by atoms with E-state index in [0.717, 1.165) is 29.4 Å². The van der Waals surface area contributed by atoms with E-state index in [-0.39, 0.29) is 23.8 Å². The molecule has 0 saturated carbocycles. The number of amides is 2. The SMILES string of the molecule is O=C(c1n[nH]c2ccccc12)N1C[C@@H]2CC[C@H](C1)N(Cc1ccccn1)C2=O. The molecule has 7 heteroatoms. The summed E-state index contributed by atoms with van der Waals surface area (Å²) in [6, 6.07) is 13.4. The van der Waals surface area contributed by atoms with Crippen LogP contribution in [-0.4, -0.2) is 55.9 Å². The fourth-order valence-electron chi connectivity index (χ4n) is 4.36. The Morgan fingerprint density at radius 3 is 2.82 bits per heavy atom. The molecule has 1 aromatic carbocycles. The van der Waals surface area contributed by atoms with E-state index in [2.05, 4.69) is 15.2 Å². The number of carbonyl (C=O) groups is 2. The van der Waals surface area contributed by atoms with E-state index in [0.29, 0.717) is 25.3 Å². The standard InChI is InChI=1S/C21H21N5O2/c27-20-14-8-9-16(26(20)12-15-5-3-4-10-22-15)13-25(11-14)21(28)19-17-6-1-2-7-18(17)23-24-19/h1-7,10,14,16H,8-9,11-13H2,(H,23,24)/t14-,16+/m0/s1. The molecule has 3 aliphatic heterocycles. The number of para-hydroxylation sites is 1. The molecule has 3 aromatic rings. The van der Waals surface area contributed by atoms with Crippen molar-refractivity contribution in [1.82, 2.24) is 25.0 Å². The molecule has 2 amide bonds. The molecule has 3 saturated heterocycles. The van der Waals surface area contributed by atoms with Gasteiger partial charge in [0.1, 0.15) is 0 Å². The van der Waals surface area contributed by atoms with Crippen LogP contribution in [0.1, 0.15) is 29.0 Å². The predicted octanol–water partition coefficient (Wildman–Crippen LogP) is 2.22. The summed E-state index contributed by atoms with van der Waals surface area (Å²) >= 11 is 0. The second kappa shape index (κ2) is 6.74. The maximum atomic E-state index is 13.2. The van der Waals surface area contributed by atoms with Crippen molar-refractivity contribution in [1.29, 1.82) is 0 Å². The Labute approximate surface area is 162 Å². The lowest BCUT2D eigenvalue weighted by Gasteiger charge is -2.35. The zero-order valence-electron chi connectivity index (χ0n) is 15.4. The maximum Gasteiger partial charge on any atom is 0.275 e. The number of H-pyrrole nitrogens is 1. The largest absolute Gasteiger partial charge is 0.334 e. The Hall–Kier alpha value is -3.22. The summed E-state index contributed by atoms with van der Waals surface area (Å²) in [4.78, 5) is 34.3. The van der Waals surface area contributed by atoms with Crippen LogP contribution in [-0.2, 0) is 11.3 Å². The minimum Gasteiger partial charge on any atom is -0.334 e. The quantitative estimate of drug-likeness (QED) is 0.761. The van der Waals surface area contributed by atoms with Crippen LogP contribution in [0.15, 0.2) is 48.7 Å². The summed E-state index contributed by atoms with van der Waals surface area (Å²) in [5.74, 6) is -0.137. The molecule has 1 N–H and O–H groups in total. The number of benzene rings is 1. The molecule has 7 nitrogen and oxygen atoms in total. The van der Waals surface area contributed by atoms with Gasteiger partial charge in [0.05, 0.1) is 23.7 Å². The minimum absolute atomic E-state index is 0.0161. The molecular weight excluding hydrogens is 354 g/mol. The van der Waals surface area contributed by atoms with Crippen LogP contribution in [0.5, 0.6) is 0 Å². The van der Waals surface area contributed by atoms with Crippen LogP contribution in [0, 0.1) is 5.92 Å². The highest BCUT2D eigenvalue weighted by Gasteiger charge is 2.42. The van der Waals surface area contributed by atoms with E-state index >= 15 is 0 Å². The average Bonchev–Trinajstić information content (AvgIpc) is 2.97. The van der Waals surface area contributed by atoms with Crippen LogP contribution in [0.4, 0.5) is 0 Å². The van der Waals surface area contributed by atoms with Crippen molar-refractivity contribution >= 4 is 22.7 Å². The van der Waals surface area contributed by atoms with Gasteiger partial charge in [-0.25, -0.2) is 0 Å². The number of aromatic nitrogens is 3. The molecule has 28 heavy (non-hydrogen) atoms. The molecule has 0 unspecified atom stereocenters. The van der Waals surface area contributed by atoms with Gasteiger partial charge in [-0.05, 0) is 31.0 Å². The van der Waals surface area contributed by atoms with Crippen LogP contribution in [0.3, 0.4) is 0 Å². The summed E-state index contributed by atoms with van der Waals surface area (Å²) in [5.41, 5.74) is 2.15. The summed E-state index contributed by atoms with van der Waals surface area (Å²) in [6.07, 6.45) is 3.48. The highest BCUT2D eigenvalue weighted by Crippen LogP contribution is 2.31. The Bertz CT molecular complexity index is 1030. The van der Waals surface area contributed by atoms with Gasteiger partial charge in [-0.3, -0.25) is 19.7 Å². The van der Waals surface area contributed by atoms with Crippen molar-refractivity contribution in [3.8, 4) is 0 Å². The molecule has 6 rings (SSSR count). The van der Waals surface area contributed by atoms with Gasteiger partial charge in [0.2, 0.25) is 5.91 Å². The molecule has 3 aliphatic rings. The van der Waals surface area contributed by atoms with E-state index in [9.17, 15) is 9.59 Å². The van der Waals surface area contributed by atoms with Gasteiger partial charge in [0.15, 0.2) is 5.69 Å². The van der Waals surface area contributed by atoms with Crippen LogP contribution >= 0.6 is 0 Å². The van der Waals surface area contributed by atoms with Crippen molar-refractivity contribution < 1.29 is 9.59 Å². The number of rotatable bonds is 3. The molecule has 2 bridgehead atoms. The lowest BCUT2D eigenvalue weighted by Crippen LogP contribution is -2.47. The minimum atomic E-state index is -0.156. The van der Waals surface area contributed by atoms with E-state index in [4.69, 9.17) is 0 Å². The zero-order valence-corrected chi connectivity index (χ0v) is 15.4. The van der Waals surface area contributed by atoms with Gasteiger partial charge in [-0.1, -0.05) is 24.3 Å². The van der Waals surface area contributed by atoms with E-state index in [1.165, 1.54) is 0 Å². The summed E-state index contributed by atoms with van der Waals surface area (Å²) in [5, 5.41) is 8.00. The van der Waals surface area contributed by atoms with Crippen molar-refractivity contribution in [2.75, 3.05) is 13.1 Å². The lowest BCUT2D eigenvalue weighted by molar-refractivity contribution is -0.140. The summed E-state index contributed by atoms with van der Waals surface area (Å²) < 4.78 is 0. The number of pyridine rings is 1. The summed E-state index contributed by atoms with van der Waals surface area (Å²) in [6.45, 7) is 1.48. The smallest absolute Gasteiger partial charge is 0.275 e. The molecular formula is C21H21N5O2. The molecule has 0 aliphatic carbocycles. The highest BCUT2D eigenvalue weighted by molar-refractivity contribution is 6.04. The second-order valence-corrected chi connectivity index (χ2v) is 7.54. The average molecular weight is 375 g/mol. The third kappa shape index (κ3) is 2.83. The number of hydrogen-bond acceptors (Lipinski definition) is 4. The van der Waals surface area contributed by atoms with E-state index in [1.807, 2.05) is 47.4 Å². The number of aromatic amines is 1. The van der Waals surface area contributed by atoms with Gasteiger partial charge < -0.3 is 9.80 Å². The number of carbonyl (C=O) groups excluding carboxylic acids is 2. The van der Waals surface area contributed by atoms with Crippen molar-refractivity contribution in [2.24, 2.45) is 5.92 Å². The molecule has 0 spiro atoms. The fourth-order valence-corrected chi connectivity index (χ4v) is 4.36. The normalized spacial score (nSPS) is 21.9. The Balaban J connectivity index is 1.41. The van der Waals surface area contributed by atoms with Crippen LogP contribution in [0.2, 0.25) is 0 Å². The topological polar surface area (TPSA) is 82.2 Å². The molecule has 2 aromatic heterocycles. The molecule has 0 radical (unpaired) electrons. The maximum absolute atomic E-state index is 13.2. The number of nitrogens with one attached hydrogen (secondary N) is 1. The zero-order chi connectivity index (χ0) is 19.1. The molecule has 3 fully saturated rings. The first-order chi connectivity index (χ1) is 13.7. The highest BCUT2D eigenvalue weighted by atomic mass is 16.2. The van der Waals surface area contributed by atoms with Gasteiger partial charge in [0, 0.05) is 30.7 Å². The van der Waals surface area contributed by atoms with Gasteiger partial charge in [-0.15, -0.1) is 0 Å².